The van der Waals surface area contributed by atoms with Crippen LogP contribution in [0.15, 0.2) is 35.3 Å². The van der Waals surface area contributed by atoms with Crippen molar-refractivity contribution >= 4 is 27.1 Å². The van der Waals surface area contributed by atoms with Crippen LogP contribution in [-0.4, -0.2) is 40.7 Å². The molecule has 10 heteroatoms. The van der Waals surface area contributed by atoms with Gasteiger partial charge in [-0.3, -0.25) is 9.52 Å². The van der Waals surface area contributed by atoms with E-state index >= 15 is 0 Å². The lowest BCUT2D eigenvalue weighted by atomic mass is 10.2. The fourth-order valence-electron chi connectivity index (χ4n) is 3.15. The minimum Gasteiger partial charge on any atom is -0.394 e. The van der Waals surface area contributed by atoms with Crippen LogP contribution in [0.25, 0.3) is 0 Å². The third kappa shape index (κ3) is 4.44. The third-order valence-corrected chi connectivity index (χ3v) is 7.27. The average molecular weight is 425 g/mol. The predicted octanol–water partition coefficient (Wildman–Crippen LogP) is 1.59. The standard InChI is InChI=1S/C19H24FN3O5S/c1-12-3-4-15(14(20)7-12)21-16-8-18(26)23(2)10-17(16)22-29(27,28)19(5-6-19)9-13(25)11-24/h3-4,7-8,10,13,21-22,24-25H,5-6,9,11H2,1-2H3. The maximum Gasteiger partial charge on any atom is 0.252 e. The van der Waals surface area contributed by atoms with E-state index in [-0.39, 0.29) is 23.5 Å². The largest absolute Gasteiger partial charge is 0.394 e. The number of aryl methyl sites for hydroxylation is 2. The fourth-order valence-corrected chi connectivity index (χ4v) is 4.87. The molecule has 29 heavy (non-hydrogen) atoms. The number of aliphatic hydroxyl groups excluding tert-OH is 2. The van der Waals surface area contributed by atoms with Crippen molar-refractivity contribution in [3.63, 3.8) is 0 Å². The van der Waals surface area contributed by atoms with Gasteiger partial charge in [0.1, 0.15) is 5.82 Å². The molecule has 1 aromatic heterocycles. The van der Waals surface area contributed by atoms with Gasteiger partial charge in [-0.15, -0.1) is 0 Å². The number of benzene rings is 1. The first kappa shape index (κ1) is 21.3. The number of rotatable bonds is 8. The molecule has 1 fully saturated rings. The Morgan fingerprint density at radius 3 is 2.52 bits per heavy atom. The van der Waals surface area contributed by atoms with Gasteiger partial charge in [0.2, 0.25) is 10.0 Å². The fraction of sp³-hybridized carbons (Fsp3) is 0.421. The van der Waals surface area contributed by atoms with Gasteiger partial charge in [0.15, 0.2) is 0 Å². The van der Waals surface area contributed by atoms with E-state index < -0.39 is 38.9 Å². The number of hydrogen-bond acceptors (Lipinski definition) is 6. The minimum absolute atomic E-state index is 0.0804. The number of hydrogen-bond donors (Lipinski definition) is 4. The summed E-state index contributed by atoms with van der Waals surface area (Å²) in [7, 11) is -2.47. The highest BCUT2D eigenvalue weighted by Crippen LogP contribution is 2.48. The molecule has 1 aromatic carbocycles. The Morgan fingerprint density at radius 2 is 1.93 bits per heavy atom. The summed E-state index contributed by atoms with van der Waals surface area (Å²) in [6.45, 7) is 1.21. The van der Waals surface area contributed by atoms with Crippen LogP contribution in [0.2, 0.25) is 0 Å². The molecule has 3 rings (SSSR count). The first-order valence-corrected chi connectivity index (χ1v) is 10.6. The van der Waals surface area contributed by atoms with Crippen molar-refractivity contribution in [2.45, 2.75) is 37.0 Å². The van der Waals surface area contributed by atoms with Crippen molar-refractivity contribution < 1.29 is 23.0 Å². The molecule has 2 aromatic rings. The number of nitrogens with one attached hydrogen (secondary N) is 2. The summed E-state index contributed by atoms with van der Waals surface area (Å²) in [6, 6.07) is 5.69. The van der Waals surface area contributed by atoms with Crippen LogP contribution in [-0.2, 0) is 17.1 Å². The molecule has 4 N–H and O–H groups in total. The van der Waals surface area contributed by atoms with Crippen LogP contribution in [0.5, 0.6) is 0 Å². The molecular weight excluding hydrogens is 401 g/mol. The van der Waals surface area contributed by atoms with Gasteiger partial charge in [0.25, 0.3) is 5.56 Å². The Kier molecular flexibility index (Phi) is 5.70. The molecular formula is C19H24FN3O5S. The minimum atomic E-state index is -3.94. The summed E-state index contributed by atoms with van der Waals surface area (Å²) in [6.07, 6.45) is 0.766. The number of anilines is 3. The average Bonchev–Trinajstić information content (AvgIpc) is 3.42. The summed E-state index contributed by atoms with van der Waals surface area (Å²) in [5.41, 5.74) is 0.604. The number of aromatic nitrogens is 1. The molecule has 0 spiro atoms. The molecule has 0 saturated heterocycles. The van der Waals surface area contributed by atoms with E-state index in [1.165, 1.54) is 36.0 Å². The molecule has 1 atom stereocenters. The van der Waals surface area contributed by atoms with Crippen LogP contribution < -0.4 is 15.6 Å². The van der Waals surface area contributed by atoms with Crippen molar-refractivity contribution in [1.82, 2.24) is 4.57 Å². The number of pyridine rings is 1. The second-order valence-corrected chi connectivity index (χ2v) is 9.56. The normalized spacial score (nSPS) is 16.3. The molecule has 1 unspecified atom stereocenters. The summed E-state index contributed by atoms with van der Waals surface area (Å²) in [5.74, 6) is -0.538. The number of halogens is 1. The zero-order valence-electron chi connectivity index (χ0n) is 16.1. The van der Waals surface area contributed by atoms with Gasteiger partial charge in [-0.2, -0.15) is 0 Å². The van der Waals surface area contributed by atoms with Crippen molar-refractivity contribution in [1.29, 1.82) is 0 Å². The second kappa shape index (κ2) is 7.77. The predicted molar refractivity (Wildman–Crippen MR) is 108 cm³/mol. The van der Waals surface area contributed by atoms with E-state index in [0.29, 0.717) is 12.8 Å². The molecule has 158 valence electrons. The van der Waals surface area contributed by atoms with E-state index in [1.807, 2.05) is 0 Å². The SMILES string of the molecule is Cc1ccc(Nc2cc(=O)n(C)cc2NS(=O)(=O)C2(CC(O)CO)CC2)c(F)c1. The number of sulfonamides is 1. The highest BCUT2D eigenvalue weighted by atomic mass is 32.2. The van der Waals surface area contributed by atoms with Gasteiger partial charge in [-0.1, -0.05) is 6.07 Å². The van der Waals surface area contributed by atoms with Crippen molar-refractivity contribution in [2.75, 3.05) is 16.6 Å². The Bertz CT molecular complexity index is 1080. The van der Waals surface area contributed by atoms with Crippen LogP contribution in [0.3, 0.4) is 0 Å². The molecule has 0 aliphatic heterocycles. The van der Waals surface area contributed by atoms with Crippen molar-refractivity contribution in [3.8, 4) is 0 Å². The summed E-state index contributed by atoms with van der Waals surface area (Å²) < 4.78 is 42.6. The van der Waals surface area contributed by atoms with Crippen LogP contribution in [0.1, 0.15) is 24.8 Å². The van der Waals surface area contributed by atoms with E-state index in [9.17, 15) is 22.7 Å². The van der Waals surface area contributed by atoms with E-state index in [0.717, 1.165) is 5.56 Å². The molecule has 0 bridgehead atoms. The zero-order valence-corrected chi connectivity index (χ0v) is 17.0. The van der Waals surface area contributed by atoms with Crippen LogP contribution in [0, 0.1) is 12.7 Å². The van der Waals surface area contributed by atoms with E-state index in [4.69, 9.17) is 5.11 Å². The van der Waals surface area contributed by atoms with Crippen LogP contribution >= 0.6 is 0 Å². The van der Waals surface area contributed by atoms with Crippen LogP contribution in [0.4, 0.5) is 21.5 Å². The first-order chi connectivity index (χ1) is 13.6. The van der Waals surface area contributed by atoms with Gasteiger partial charge in [-0.25, -0.2) is 12.8 Å². The molecule has 0 amide bonds. The summed E-state index contributed by atoms with van der Waals surface area (Å²) in [4.78, 5) is 12.1. The Labute approximate surface area is 168 Å². The second-order valence-electron chi connectivity index (χ2n) is 7.49. The molecule has 8 nitrogen and oxygen atoms in total. The lowest BCUT2D eigenvalue weighted by molar-refractivity contribution is 0.0858. The molecule has 1 heterocycles. The molecule has 1 aliphatic carbocycles. The van der Waals surface area contributed by atoms with Gasteiger partial charge in [0.05, 0.1) is 34.5 Å². The topological polar surface area (TPSA) is 121 Å². The third-order valence-electron chi connectivity index (χ3n) is 5.06. The summed E-state index contributed by atoms with van der Waals surface area (Å²) >= 11 is 0. The smallest absolute Gasteiger partial charge is 0.252 e. The van der Waals surface area contributed by atoms with Gasteiger partial charge in [0, 0.05) is 19.3 Å². The quantitative estimate of drug-likeness (QED) is 0.510. The lowest BCUT2D eigenvalue weighted by Gasteiger charge is -2.22. The van der Waals surface area contributed by atoms with E-state index in [2.05, 4.69) is 10.0 Å². The van der Waals surface area contributed by atoms with E-state index in [1.54, 1.807) is 13.0 Å². The first-order valence-electron chi connectivity index (χ1n) is 9.12. The highest BCUT2D eigenvalue weighted by Gasteiger charge is 2.55. The van der Waals surface area contributed by atoms with Crippen molar-refractivity contribution in [2.24, 2.45) is 7.05 Å². The van der Waals surface area contributed by atoms with Crippen molar-refractivity contribution in [3.05, 3.63) is 52.2 Å². The van der Waals surface area contributed by atoms with Gasteiger partial charge >= 0.3 is 0 Å². The molecule has 1 aliphatic rings. The summed E-state index contributed by atoms with van der Waals surface area (Å²) in [5, 5.41) is 21.5. The number of nitrogens with zero attached hydrogens (tertiary/aromatic N) is 1. The van der Waals surface area contributed by atoms with Gasteiger partial charge in [-0.05, 0) is 43.9 Å². The molecule has 0 radical (unpaired) electrons. The Morgan fingerprint density at radius 1 is 1.24 bits per heavy atom. The zero-order chi connectivity index (χ0) is 21.4. The highest BCUT2D eigenvalue weighted by molar-refractivity contribution is 7.94. The van der Waals surface area contributed by atoms with Gasteiger partial charge < -0.3 is 20.1 Å². The maximum absolute atomic E-state index is 14.2. The Hall–Kier alpha value is -2.43. The Balaban J connectivity index is 1.95. The monoisotopic (exact) mass is 425 g/mol. The molecule has 1 saturated carbocycles. The lowest BCUT2D eigenvalue weighted by Crippen LogP contribution is -2.35. The maximum atomic E-state index is 14.2. The number of aliphatic hydroxyl groups is 2.